The Morgan fingerprint density at radius 2 is 1.52 bits per heavy atom. The molecule has 1 atom stereocenters. The average Bonchev–Trinajstić information content (AvgIpc) is 3.05. The van der Waals surface area contributed by atoms with Crippen LogP contribution in [0.3, 0.4) is 0 Å². The molecule has 0 fully saturated rings. The largest absolute Gasteiger partial charge is 0.494 e. The maximum absolute atomic E-state index is 13.4. The fraction of sp³-hybridized carbons (Fsp3) is 0.194. The zero-order valence-corrected chi connectivity index (χ0v) is 28.7. The van der Waals surface area contributed by atoms with Gasteiger partial charge in [-0.05, 0) is 23.1 Å². The number of hydrogen-bond acceptors (Lipinski definition) is 7. The quantitative estimate of drug-likeness (QED) is 0.142. The van der Waals surface area contributed by atoms with E-state index in [4.69, 9.17) is 18.9 Å². The molecule has 0 aliphatic rings. The number of nitrogens with one attached hydrogen (secondary N) is 2. The van der Waals surface area contributed by atoms with Crippen LogP contribution in [-0.4, -0.2) is 54.1 Å². The number of carbonyl (C=O) groups excluding carboxylic acids is 2. The van der Waals surface area contributed by atoms with Crippen molar-refractivity contribution in [1.29, 1.82) is 0 Å². The molecule has 0 radical (unpaired) electrons. The molecule has 2 amide bonds. The molecule has 5 rings (SSSR count). The SMILES string of the molecule is COC(=O)c1cc(C(C)(C)C)cc(NC(=O)Nc2ccc(Oc3ccnc([AsH]c4cccc(OC)c4)c3)c3ccccc23)c1OC. The monoisotopic (exact) mass is 681 g/mol. The van der Waals surface area contributed by atoms with E-state index >= 15 is 0 Å². The zero-order valence-electron chi connectivity index (χ0n) is 26.6. The number of amides is 2. The number of pyridine rings is 1. The molecular formula is C36H36AsN3O6. The van der Waals surface area contributed by atoms with Crippen LogP contribution in [0.1, 0.15) is 36.7 Å². The van der Waals surface area contributed by atoms with Crippen molar-refractivity contribution in [1.82, 2.24) is 4.98 Å². The minimum Gasteiger partial charge on any atom is -0.494 e. The topological polar surface area (TPSA) is 108 Å². The van der Waals surface area contributed by atoms with Gasteiger partial charge in [0.15, 0.2) is 5.75 Å². The summed E-state index contributed by atoms with van der Waals surface area (Å²) >= 11 is -0.698. The normalized spacial score (nSPS) is 11.3. The van der Waals surface area contributed by atoms with Gasteiger partial charge in [-0.15, -0.1) is 0 Å². The molecule has 0 bridgehead atoms. The number of hydrogen-bond donors (Lipinski definition) is 2. The second-order valence-electron chi connectivity index (χ2n) is 11.4. The summed E-state index contributed by atoms with van der Waals surface area (Å²) in [6.07, 6.45) is 1.76. The summed E-state index contributed by atoms with van der Waals surface area (Å²) in [7, 11) is 4.41. The van der Waals surface area contributed by atoms with Crippen LogP contribution in [0.15, 0.2) is 91.1 Å². The third-order valence-corrected chi connectivity index (χ3v) is 9.62. The summed E-state index contributed by atoms with van der Waals surface area (Å²) in [6.45, 7) is 6.06. The van der Waals surface area contributed by atoms with Gasteiger partial charge in [0.2, 0.25) is 0 Å². The van der Waals surface area contributed by atoms with Gasteiger partial charge in [0, 0.05) is 0 Å². The van der Waals surface area contributed by atoms with E-state index < -0.39 is 27.8 Å². The van der Waals surface area contributed by atoms with Crippen molar-refractivity contribution >= 4 is 58.7 Å². The van der Waals surface area contributed by atoms with E-state index in [0.717, 1.165) is 26.6 Å². The van der Waals surface area contributed by atoms with Gasteiger partial charge in [0.05, 0.1) is 14.2 Å². The van der Waals surface area contributed by atoms with Crippen LogP contribution in [0.2, 0.25) is 0 Å². The average molecular weight is 682 g/mol. The Hall–Kier alpha value is -5.01. The smallest absolute Gasteiger partial charge is 0.156 e. The van der Waals surface area contributed by atoms with E-state index in [1.807, 2.05) is 81.4 Å². The first-order valence-corrected chi connectivity index (χ1v) is 16.6. The molecule has 2 N–H and O–H groups in total. The fourth-order valence-corrected chi connectivity index (χ4v) is 7.09. The summed E-state index contributed by atoms with van der Waals surface area (Å²) < 4.78 is 24.4. The van der Waals surface area contributed by atoms with E-state index in [2.05, 4.69) is 21.7 Å². The van der Waals surface area contributed by atoms with Crippen LogP contribution >= 0.6 is 0 Å². The van der Waals surface area contributed by atoms with E-state index in [-0.39, 0.29) is 16.7 Å². The van der Waals surface area contributed by atoms with E-state index in [1.165, 1.54) is 18.6 Å². The minimum absolute atomic E-state index is 0.217. The molecule has 236 valence electrons. The Balaban J connectivity index is 1.39. The predicted molar refractivity (Wildman–Crippen MR) is 183 cm³/mol. The van der Waals surface area contributed by atoms with Crippen molar-refractivity contribution in [2.24, 2.45) is 0 Å². The van der Waals surface area contributed by atoms with Crippen LogP contribution in [0.25, 0.3) is 10.8 Å². The Morgan fingerprint density at radius 1 is 0.761 bits per heavy atom. The van der Waals surface area contributed by atoms with Crippen LogP contribution in [0.4, 0.5) is 16.2 Å². The molecule has 1 unspecified atom stereocenters. The summed E-state index contributed by atoms with van der Waals surface area (Å²) in [6, 6.07) is 26.2. The molecule has 0 aliphatic heterocycles. The van der Waals surface area contributed by atoms with Gasteiger partial charge in [-0.1, -0.05) is 20.8 Å². The van der Waals surface area contributed by atoms with Crippen LogP contribution in [0.5, 0.6) is 23.0 Å². The van der Waals surface area contributed by atoms with Crippen molar-refractivity contribution in [2.75, 3.05) is 32.0 Å². The van der Waals surface area contributed by atoms with Crippen LogP contribution in [0, 0.1) is 0 Å². The Morgan fingerprint density at radius 3 is 2.24 bits per heavy atom. The molecular weight excluding hydrogens is 645 g/mol. The maximum atomic E-state index is 13.4. The Bertz CT molecular complexity index is 1900. The van der Waals surface area contributed by atoms with Crippen molar-refractivity contribution in [3.05, 3.63) is 102 Å². The van der Waals surface area contributed by atoms with Gasteiger partial charge < -0.3 is 9.47 Å². The molecule has 9 nitrogen and oxygen atoms in total. The van der Waals surface area contributed by atoms with Gasteiger partial charge in [-0.25, -0.2) is 4.79 Å². The Kier molecular flexibility index (Phi) is 9.83. The number of ether oxygens (including phenoxy) is 4. The van der Waals surface area contributed by atoms with Crippen molar-refractivity contribution in [2.45, 2.75) is 26.2 Å². The van der Waals surface area contributed by atoms with Gasteiger partial charge in [-0.2, -0.15) is 0 Å². The summed E-state index contributed by atoms with van der Waals surface area (Å²) in [5.41, 5.74) is 1.69. The maximum Gasteiger partial charge on any atom is 0.156 e. The molecule has 5 aromatic rings. The van der Waals surface area contributed by atoms with Gasteiger partial charge in [0.1, 0.15) is 5.56 Å². The number of aromatic nitrogens is 1. The van der Waals surface area contributed by atoms with Crippen molar-refractivity contribution in [3.63, 3.8) is 0 Å². The number of urea groups is 1. The van der Waals surface area contributed by atoms with Crippen LogP contribution < -0.4 is 33.7 Å². The summed E-state index contributed by atoms with van der Waals surface area (Å²) in [5.74, 6) is 1.80. The van der Waals surface area contributed by atoms with Crippen LogP contribution in [-0.2, 0) is 10.2 Å². The van der Waals surface area contributed by atoms with Crippen molar-refractivity contribution < 1.29 is 28.5 Å². The number of fused-ring (bicyclic) bond motifs is 1. The standard InChI is InChI=1S/C36H36AsN3O6/c1-36(2,3)22-18-28(34(41)45-6)33(44-5)30(19-22)40-35(42)39-29-14-15-31(27-13-8-7-12-26(27)29)46-25-16-17-38-32(21-25)37-23-10-9-11-24(20-23)43-4/h7-21,37H,1-6H3,(H2,39,40,42). The third kappa shape index (κ3) is 7.44. The summed E-state index contributed by atoms with van der Waals surface area (Å²) in [4.78, 5) is 30.5. The first-order chi connectivity index (χ1) is 22.1. The first kappa shape index (κ1) is 32.4. The van der Waals surface area contributed by atoms with E-state index in [9.17, 15) is 9.59 Å². The Labute approximate surface area is 274 Å². The van der Waals surface area contributed by atoms with E-state index in [1.54, 1.807) is 31.5 Å². The molecule has 0 spiro atoms. The third-order valence-electron chi connectivity index (χ3n) is 7.25. The second-order valence-corrected chi connectivity index (χ2v) is 14.2. The van der Waals surface area contributed by atoms with Crippen molar-refractivity contribution in [3.8, 4) is 23.0 Å². The molecule has 46 heavy (non-hydrogen) atoms. The van der Waals surface area contributed by atoms with Gasteiger partial charge in [0.25, 0.3) is 0 Å². The number of benzene rings is 4. The number of esters is 1. The molecule has 1 heterocycles. The second kappa shape index (κ2) is 14.0. The zero-order chi connectivity index (χ0) is 32.8. The fourth-order valence-electron chi connectivity index (χ4n) is 4.90. The van der Waals surface area contributed by atoms with Gasteiger partial charge >= 0.3 is 192 Å². The molecule has 4 aromatic carbocycles. The number of methoxy groups -OCH3 is 3. The number of rotatable bonds is 9. The number of anilines is 2. The number of nitrogens with zero attached hydrogens (tertiary/aromatic N) is 1. The minimum atomic E-state index is -0.698. The molecule has 0 aliphatic carbocycles. The molecule has 0 saturated heterocycles. The number of carbonyl (C=O) groups is 2. The van der Waals surface area contributed by atoms with Gasteiger partial charge in [-0.3, -0.25) is 0 Å². The van der Waals surface area contributed by atoms with E-state index in [0.29, 0.717) is 22.9 Å². The predicted octanol–water partition coefficient (Wildman–Crippen LogP) is 6.16. The molecule has 10 heteroatoms. The molecule has 1 aromatic heterocycles. The molecule has 0 saturated carbocycles. The first-order valence-electron chi connectivity index (χ1n) is 14.5. The summed E-state index contributed by atoms with van der Waals surface area (Å²) in [5, 5.41) is 7.43.